The minimum atomic E-state index is -4.40. The van der Waals surface area contributed by atoms with Crippen LogP contribution in [0.15, 0.2) is 52.3 Å². The van der Waals surface area contributed by atoms with E-state index in [1.807, 2.05) is 36.1 Å². The fraction of sp³-hybridized carbons (Fsp3) is 0.519. The molecule has 1 unspecified atom stereocenters. The smallest absolute Gasteiger partial charge is 0.416 e. The van der Waals surface area contributed by atoms with Gasteiger partial charge < -0.3 is 19.6 Å². The van der Waals surface area contributed by atoms with Crippen LogP contribution in [0, 0.1) is 0 Å². The van der Waals surface area contributed by atoms with Crippen molar-refractivity contribution in [3.63, 3.8) is 0 Å². The van der Waals surface area contributed by atoms with Crippen molar-refractivity contribution in [1.82, 2.24) is 9.80 Å². The van der Waals surface area contributed by atoms with E-state index in [4.69, 9.17) is 4.74 Å². The first kappa shape index (κ1) is 26.2. The first-order valence-electron chi connectivity index (χ1n) is 12.8. The lowest BCUT2D eigenvalue weighted by Crippen LogP contribution is -2.60. The number of carbonyl (C=O) groups is 1. The standard InChI is InChI=1S/C27H32F3N3O3S/c1-3-13-33-24(34)36-26(25(33,2)35)11-16-31(17-12-26)14-6-15-32-20-7-4-5-8-22(20)37-23-10-9-19(18-21(23)32)27(28,29)30/h4-5,7-10,18,35H,3,6,11-17H2,1-2H3. The van der Waals surface area contributed by atoms with Gasteiger partial charge in [-0.15, -0.1) is 0 Å². The highest BCUT2D eigenvalue weighted by Crippen LogP contribution is 2.49. The molecule has 1 N–H and O–H groups in total. The van der Waals surface area contributed by atoms with Gasteiger partial charge in [-0.3, -0.25) is 4.90 Å². The third-order valence-corrected chi connectivity index (χ3v) is 8.94. The summed E-state index contributed by atoms with van der Waals surface area (Å²) in [5.74, 6) is 0. The summed E-state index contributed by atoms with van der Waals surface area (Å²) < 4.78 is 46.1. The quantitative estimate of drug-likeness (QED) is 0.482. The topological polar surface area (TPSA) is 56.2 Å². The zero-order valence-electron chi connectivity index (χ0n) is 21.1. The molecule has 3 aliphatic heterocycles. The summed E-state index contributed by atoms with van der Waals surface area (Å²) >= 11 is 1.49. The van der Waals surface area contributed by atoms with Crippen molar-refractivity contribution >= 4 is 29.2 Å². The van der Waals surface area contributed by atoms with Gasteiger partial charge in [-0.05, 0) is 56.6 Å². The lowest BCUT2D eigenvalue weighted by molar-refractivity contribution is -0.165. The van der Waals surface area contributed by atoms with Gasteiger partial charge in [-0.2, -0.15) is 13.2 Å². The van der Waals surface area contributed by atoms with Crippen molar-refractivity contribution in [3.8, 4) is 0 Å². The molecule has 0 radical (unpaired) electrons. The first-order valence-corrected chi connectivity index (χ1v) is 13.6. The van der Waals surface area contributed by atoms with E-state index in [1.54, 1.807) is 13.0 Å². The van der Waals surface area contributed by atoms with Crippen LogP contribution in [-0.4, -0.2) is 65.0 Å². The van der Waals surface area contributed by atoms with Gasteiger partial charge in [0.1, 0.15) is 0 Å². The van der Waals surface area contributed by atoms with Crippen LogP contribution in [0.25, 0.3) is 0 Å². The van der Waals surface area contributed by atoms with Crippen LogP contribution >= 0.6 is 11.8 Å². The number of hydrogen-bond donors (Lipinski definition) is 1. The van der Waals surface area contributed by atoms with Crippen LogP contribution in [0.4, 0.5) is 29.3 Å². The largest absolute Gasteiger partial charge is 0.437 e. The molecule has 0 saturated carbocycles. The van der Waals surface area contributed by atoms with Gasteiger partial charge >= 0.3 is 12.3 Å². The molecule has 3 heterocycles. The van der Waals surface area contributed by atoms with Gasteiger partial charge in [-0.1, -0.05) is 30.8 Å². The number of benzene rings is 2. The van der Waals surface area contributed by atoms with Gasteiger partial charge in [0.2, 0.25) is 0 Å². The van der Waals surface area contributed by atoms with E-state index in [2.05, 4.69) is 4.90 Å². The highest BCUT2D eigenvalue weighted by atomic mass is 32.2. The third-order valence-electron chi connectivity index (χ3n) is 7.81. The van der Waals surface area contributed by atoms with E-state index in [-0.39, 0.29) is 0 Å². The number of alkyl halides is 3. The molecule has 37 heavy (non-hydrogen) atoms. The van der Waals surface area contributed by atoms with Gasteiger partial charge in [0.05, 0.1) is 16.9 Å². The molecule has 2 aromatic carbocycles. The van der Waals surface area contributed by atoms with E-state index in [0.717, 1.165) is 40.9 Å². The summed E-state index contributed by atoms with van der Waals surface area (Å²) in [7, 11) is 0. The van der Waals surface area contributed by atoms with Crippen molar-refractivity contribution in [2.24, 2.45) is 0 Å². The number of para-hydroxylation sites is 1. The number of likely N-dealkylation sites (tertiary alicyclic amines) is 1. The molecule has 1 atom stereocenters. The lowest BCUT2D eigenvalue weighted by Gasteiger charge is -2.45. The van der Waals surface area contributed by atoms with Crippen molar-refractivity contribution in [1.29, 1.82) is 0 Å². The average molecular weight is 536 g/mol. The van der Waals surface area contributed by atoms with Crippen LogP contribution in [0.1, 0.15) is 45.1 Å². The number of nitrogens with zero attached hydrogens (tertiary/aromatic N) is 3. The minimum absolute atomic E-state index is 0.449. The van der Waals surface area contributed by atoms with Crippen LogP contribution in [0.5, 0.6) is 0 Å². The summed E-state index contributed by atoms with van der Waals surface area (Å²) in [5, 5.41) is 11.2. The Morgan fingerprint density at radius 2 is 1.73 bits per heavy atom. The Bertz CT molecular complexity index is 1170. The monoisotopic (exact) mass is 535 g/mol. The Hall–Kier alpha value is -2.43. The fourth-order valence-electron chi connectivity index (χ4n) is 5.69. The Morgan fingerprint density at radius 1 is 1.03 bits per heavy atom. The number of hydrogen-bond acceptors (Lipinski definition) is 6. The Kier molecular flexibility index (Phi) is 6.87. The minimum Gasteiger partial charge on any atom is -0.437 e. The Morgan fingerprint density at radius 3 is 2.43 bits per heavy atom. The third kappa shape index (κ3) is 4.68. The molecule has 1 amide bonds. The summed E-state index contributed by atoms with van der Waals surface area (Å²) in [6.45, 7) is 6.75. The average Bonchev–Trinajstić information content (AvgIpc) is 3.04. The predicted octanol–water partition coefficient (Wildman–Crippen LogP) is 6.10. The van der Waals surface area contributed by atoms with Crippen molar-refractivity contribution in [2.75, 3.05) is 37.6 Å². The zero-order valence-corrected chi connectivity index (χ0v) is 21.9. The molecule has 5 rings (SSSR count). The number of carbonyl (C=O) groups excluding carboxylic acids is 1. The van der Waals surface area contributed by atoms with E-state index in [1.165, 1.54) is 22.7 Å². The van der Waals surface area contributed by atoms with E-state index < -0.39 is 29.2 Å². The Balaban J connectivity index is 1.26. The molecule has 0 aliphatic carbocycles. The fourth-order valence-corrected chi connectivity index (χ4v) is 6.76. The van der Waals surface area contributed by atoms with E-state index >= 15 is 0 Å². The molecule has 2 saturated heterocycles. The predicted molar refractivity (Wildman–Crippen MR) is 136 cm³/mol. The van der Waals surface area contributed by atoms with Gasteiger partial charge in [0.25, 0.3) is 0 Å². The highest BCUT2D eigenvalue weighted by molar-refractivity contribution is 7.99. The number of amides is 1. The first-order chi connectivity index (χ1) is 17.6. The second-order valence-corrected chi connectivity index (χ2v) is 11.2. The second-order valence-electron chi connectivity index (χ2n) is 10.1. The molecule has 2 aromatic rings. The van der Waals surface area contributed by atoms with Crippen LogP contribution < -0.4 is 4.90 Å². The van der Waals surface area contributed by atoms with Crippen LogP contribution in [0.2, 0.25) is 0 Å². The normalized spacial score (nSPS) is 23.2. The molecule has 10 heteroatoms. The molecule has 200 valence electrons. The number of anilines is 2. The maximum atomic E-state index is 13.5. The van der Waals surface area contributed by atoms with Crippen molar-refractivity contribution in [2.45, 2.75) is 66.8 Å². The number of rotatable bonds is 6. The van der Waals surface area contributed by atoms with Crippen molar-refractivity contribution < 1.29 is 27.8 Å². The highest BCUT2D eigenvalue weighted by Gasteiger charge is 2.62. The van der Waals surface area contributed by atoms with Gasteiger partial charge in [0.15, 0.2) is 11.3 Å². The molecule has 6 nitrogen and oxygen atoms in total. The SMILES string of the molecule is CCCN1C(=O)OC2(CCN(CCCN3c4ccccc4Sc4ccc(C(F)(F)F)cc43)CC2)C1(C)O. The molecular weight excluding hydrogens is 503 g/mol. The zero-order chi connectivity index (χ0) is 26.4. The van der Waals surface area contributed by atoms with Gasteiger partial charge in [-0.25, -0.2) is 4.79 Å². The summed E-state index contributed by atoms with van der Waals surface area (Å²) in [6, 6.07) is 11.8. The molecule has 0 bridgehead atoms. The Labute approximate surface area is 219 Å². The number of piperidine rings is 1. The molecule has 0 aromatic heterocycles. The van der Waals surface area contributed by atoms with Crippen LogP contribution in [0.3, 0.4) is 0 Å². The second kappa shape index (κ2) is 9.71. The summed E-state index contributed by atoms with van der Waals surface area (Å²) in [6.07, 6.45) is -2.30. The van der Waals surface area contributed by atoms with Crippen molar-refractivity contribution in [3.05, 3.63) is 48.0 Å². The molecule has 2 fully saturated rings. The lowest BCUT2D eigenvalue weighted by atomic mass is 9.82. The van der Waals surface area contributed by atoms with Crippen LogP contribution in [-0.2, 0) is 10.9 Å². The maximum absolute atomic E-state index is 13.5. The number of ether oxygens (including phenoxy) is 1. The number of halogens is 3. The van der Waals surface area contributed by atoms with E-state index in [0.29, 0.717) is 44.7 Å². The van der Waals surface area contributed by atoms with Gasteiger partial charge in [0, 0.05) is 48.8 Å². The summed E-state index contributed by atoms with van der Waals surface area (Å²) in [4.78, 5) is 20.0. The number of aliphatic hydroxyl groups is 1. The summed E-state index contributed by atoms with van der Waals surface area (Å²) in [5.41, 5.74) is -1.40. The maximum Gasteiger partial charge on any atom is 0.416 e. The van der Waals surface area contributed by atoms with E-state index in [9.17, 15) is 23.1 Å². The molecule has 1 spiro atoms. The molecular formula is C27H32F3N3O3S. The molecule has 3 aliphatic rings. The number of fused-ring (bicyclic) bond motifs is 2.